The zero-order valence-electron chi connectivity index (χ0n) is 15.8. The maximum absolute atomic E-state index is 13.2. The average molecular weight is 424 g/mol. The van der Waals surface area contributed by atoms with Crippen LogP contribution in [-0.2, 0) is 4.79 Å². The molecule has 8 heteroatoms. The Morgan fingerprint density at radius 2 is 1.93 bits per heavy atom. The molecule has 0 radical (unpaired) electrons. The second kappa shape index (κ2) is 7.81. The number of nitrogens with zero attached hydrogens (tertiary/aromatic N) is 3. The Kier molecular flexibility index (Phi) is 5.21. The van der Waals surface area contributed by atoms with E-state index < -0.39 is 0 Å². The number of pyridine rings is 1. The van der Waals surface area contributed by atoms with E-state index in [0.29, 0.717) is 27.2 Å². The number of benzene rings is 1. The Hall–Kier alpha value is -2.97. The molecule has 0 spiro atoms. The summed E-state index contributed by atoms with van der Waals surface area (Å²) in [4.78, 5) is 32.1. The monoisotopic (exact) mass is 423 g/mol. The number of aromatic nitrogens is 2. The molecule has 1 aromatic carbocycles. The van der Waals surface area contributed by atoms with Crippen LogP contribution in [0.1, 0.15) is 18.1 Å². The Morgan fingerprint density at radius 1 is 1.17 bits per heavy atom. The number of thioether (sulfide) groups is 1. The van der Waals surface area contributed by atoms with E-state index in [-0.39, 0.29) is 22.9 Å². The zero-order valence-corrected chi connectivity index (χ0v) is 17.4. The predicted octanol–water partition coefficient (Wildman–Crippen LogP) is 4.02. The third kappa shape index (κ3) is 3.68. The quantitative estimate of drug-likeness (QED) is 0.467. The molecule has 1 aliphatic rings. The maximum Gasteiger partial charge on any atom is 0.269 e. The van der Waals surface area contributed by atoms with Gasteiger partial charge in [0, 0.05) is 12.7 Å². The van der Waals surface area contributed by atoms with Crippen molar-refractivity contribution < 1.29 is 9.53 Å². The molecule has 3 heterocycles. The minimum Gasteiger partial charge on any atom is -0.438 e. The van der Waals surface area contributed by atoms with Gasteiger partial charge in [-0.05, 0) is 44.2 Å². The molecule has 0 bridgehead atoms. The van der Waals surface area contributed by atoms with Crippen molar-refractivity contribution in [2.45, 2.75) is 13.8 Å². The van der Waals surface area contributed by atoms with Gasteiger partial charge < -0.3 is 4.74 Å². The summed E-state index contributed by atoms with van der Waals surface area (Å²) in [6.45, 7) is 4.31. The molecular formula is C21H17N3O3S2. The normalized spacial score (nSPS) is 15.5. The van der Waals surface area contributed by atoms with Gasteiger partial charge in [-0.15, -0.1) is 0 Å². The van der Waals surface area contributed by atoms with Crippen molar-refractivity contribution in [3.63, 3.8) is 0 Å². The van der Waals surface area contributed by atoms with Gasteiger partial charge >= 0.3 is 0 Å². The molecule has 1 fully saturated rings. The Balaban J connectivity index is 1.87. The topological polar surface area (TPSA) is 63.9 Å². The third-order valence-corrected chi connectivity index (χ3v) is 5.81. The summed E-state index contributed by atoms with van der Waals surface area (Å²) in [5, 5.41) is 0. The first-order valence-corrected chi connectivity index (χ1v) is 10.2. The van der Waals surface area contributed by atoms with Gasteiger partial charge in [0.1, 0.15) is 21.3 Å². The van der Waals surface area contributed by atoms with Gasteiger partial charge in [0.05, 0.1) is 4.91 Å². The maximum atomic E-state index is 13.2. The lowest BCUT2D eigenvalue weighted by atomic mass is 10.2. The second-order valence-electron chi connectivity index (χ2n) is 6.41. The van der Waals surface area contributed by atoms with Gasteiger partial charge in [-0.3, -0.25) is 18.9 Å². The largest absolute Gasteiger partial charge is 0.438 e. The number of ether oxygens (including phenoxy) is 1. The SMILES string of the molecule is CCN1C(=O)/C(=C/c2c(Oc3ccc(C)cc3)nc3ccccn3c2=O)SC1=S. The molecule has 0 saturated carbocycles. The lowest BCUT2D eigenvalue weighted by Crippen LogP contribution is -2.27. The predicted molar refractivity (Wildman–Crippen MR) is 118 cm³/mol. The summed E-state index contributed by atoms with van der Waals surface area (Å²) in [5.41, 5.74) is 1.43. The van der Waals surface area contributed by atoms with Crippen LogP contribution < -0.4 is 10.3 Å². The van der Waals surface area contributed by atoms with Crippen molar-refractivity contribution in [1.82, 2.24) is 14.3 Å². The summed E-state index contributed by atoms with van der Waals surface area (Å²) < 4.78 is 7.84. The van der Waals surface area contributed by atoms with Crippen LogP contribution in [-0.4, -0.2) is 31.1 Å². The van der Waals surface area contributed by atoms with Crippen molar-refractivity contribution >= 4 is 45.9 Å². The van der Waals surface area contributed by atoms with E-state index in [1.165, 1.54) is 27.1 Å². The fraction of sp³-hybridized carbons (Fsp3) is 0.143. The Morgan fingerprint density at radius 3 is 2.62 bits per heavy atom. The number of aryl methyl sites for hydroxylation is 1. The molecule has 0 unspecified atom stereocenters. The standard InChI is InChI=1S/C21H17N3O3S2/c1-3-23-20(26)16(29-21(23)28)12-15-18(27-14-9-7-13(2)8-10-14)22-17-6-4-5-11-24(17)19(15)25/h4-12H,3H2,1-2H3/b16-12-. The van der Waals surface area contributed by atoms with Gasteiger partial charge in [0.2, 0.25) is 5.88 Å². The van der Waals surface area contributed by atoms with Crippen LogP contribution in [0.25, 0.3) is 11.7 Å². The van der Waals surface area contributed by atoms with E-state index >= 15 is 0 Å². The molecule has 3 aromatic rings. The number of carbonyl (C=O) groups excluding carboxylic acids is 1. The Labute approximate surface area is 176 Å². The molecule has 2 aromatic heterocycles. The minimum atomic E-state index is -0.320. The van der Waals surface area contributed by atoms with Crippen LogP contribution >= 0.6 is 24.0 Å². The minimum absolute atomic E-state index is 0.145. The first-order valence-electron chi connectivity index (χ1n) is 8.99. The number of likely N-dealkylation sites (N-methyl/N-ethyl adjacent to an activating group) is 1. The zero-order chi connectivity index (χ0) is 20.5. The van der Waals surface area contributed by atoms with E-state index in [2.05, 4.69) is 4.98 Å². The van der Waals surface area contributed by atoms with Gasteiger partial charge in [0.15, 0.2) is 0 Å². The number of hydrogen-bond donors (Lipinski definition) is 0. The highest BCUT2D eigenvalue weighted by Crippen LogP contribution is 2.33. The van der Waals surface area contributed by atoms with Crippen LogP contribution in [0, 0.1) is 6.92 Å². The fourth-order valence-electron chi connectivity index (χ4n) is 2.91. The van der Waals surface area contributed by atoms with Crippen LogP contribution in [0.2, 0.25) is 0 Å². The summed E-state index contributed by atoms with van der Waals surface area (Å²) >= 11 is 6.44. The van der Waals surface area contributed by atoms with Crippen molar-refractivity contribution in [1.29, 1.82) is 0 Å². The molecule has 0 aliphatic carbocycles. The molecule has 1 aliphatic heterocycles. The summed E-state index contributed by atoms with van der Waals surface area (Å²) in [6.07, 6.45) is 3.15. The molecule has 4 rings (SSSR count). The number of rotatable bonds is 4. The first kappa shape index (κ1) is 19.4. The van der Waals surface area contributed by atoms with Crippen LogP contribution in [0.5, 0.6) is 11.6 Å². The third-order valence-electron chi connectivity index (χ3n) is 4.43. The van der Waals surface area contributed by atoms with Crippen LogP contribution in [0.15, 0.2) is 58.4 Å². The highest BCUT2D eigenvalue weighted by molar-refractivity contribution is 8.26. The molecular weight excluding hydrogens is 406 g/mol. The van der Waals surface area contributed by atoms with Crippen molar-refractivity contribution in [2.24, 2.45) is 0 Å². The molecule has 6 nitrogen and oxygen atoms in total. The molecule has 0 atom stereocenters. The number of thiocarbonyl (C=S) groups is 1. The second-order valence-corrected chi connectivity index (χ2v) is 8.08. The number of amides is 1. The average Bonchev–Trinajstić information content (AvgIpc) is 2.99. The van der Waals surface area contributed by atoms with E-state index in [4.69, 9.17) is 17.0 Å². The highest BCUT2D eigenvalue weighted by Gasteiger charge is 2.31. The van der Waals surface area contributed by atoms with E-state index in [9.17, 15) is 9.59 Å². The van der Waals surface area contributed by atoms with E-state index in [1.54, 1.807) is 24.4 Å². The van der Waals surface area contributed by atoms with Crippen molar-refractivity contribution in [3.05, 3.63) is 75.0 Å². The number of carbonyl (C=O) groups is 1. The van der Waals surface area contributed by atoms with Crippen molar-refractivity contribution in [2.75, 3.05) is 6.54 Å². The molecule has 0 N–H and O–H groups in total. The number of hydrogen-bond acceptors (Lipinski definition) is 6. The molecule has 146 valence electrons. The van der Waals surface area contributed by atoms with Gasteiger partial charge in [-0.2, -0.15) is 4.98 Å². The van der Waals surface area contributed by atoms with Gasteiger partial charge in [-0.25, -0.2) is 0 Å². The van der Waals surface area contributed by atoms with Crippen molar-refractivity contribution in [3.8, 4) is 11.6 Å². The van der Waals surface area contributed by atoms with Gasteiger partial charge in [0.25, 0.3) is 11.5 Å². The lowest BCUT2D eigenvalue weighted by molar-refractivity contribution is -0.121. The Bertz CT molecular complexity index is 1220. The first-order chi connectivity index (χ1) is 14.0. The van der Waals surface area contributed by atoms with E-state index in [0.717, 1.165) is 5.56 Å². The lowest BCUT2D eigenvalue weighted by Gasteiger charge is -2.11. The highest BCUT2D eigenvalue weighted by atomic mass is 32.2. The summed E-state index contributed by atoms with van der Waals surface area (Å²) in [6, 6.07) is 12.7. The fourth-order valence-corrected chi connectivity index (χ4v) is 4.27. The molecule has 1 amide bonds. The van der Waals surface area contributed by atoms with Gasteiger partial charge in [-0.1, -0.05) is 47.7 Å². The summed E-state index contributed by atoms with van der Waals surface area (Å²) in [5.74, 6) is 0.478. The molecule has 29 heavy (non-hydrogen) atoms. The van der Waals surface area contributed by atoms with Crippen LogP contribution in [0.3, 0.4) is 0 Å². The van der Waals surface area contributed by atoms with Crippen LogP contribution in [0.4, 0.5) is 0 Å². The summed E-state index contributed by atoms with van der Waals surface area (Å²) in [7, 11) is 0. The number of fused-ring (bicyclic) bond motifs is 1. The smallest absolute Gasteiger partial charge is 0.269 e. The van der Waals surface area contributed by atoms with E-state index in [1.807, 2.05) is 38.1 Å². The molecule has 1 saturated heterocycles.